The molecule has 1 saturated carbocycles. The van der Waals surface area contributed by atoms with Gasteiger partial charge in [0.05, 0.1) is 12.3 Å². The molecule has 1 heterocycles. The van der Waals surface area contributed by atoms with E-state index >= 15 is 0 Å². The Morgan fingerprint density at radius 3 is 2.71 bits per heavy atom. The van der Waals surface area contributed by atoms with Gasteiger partial charge in [0.25, 0.3) is 0 Å². The van der Waals surface area contributed by atoms with Crippen LogP contribution in [0.5, 0.6) is 0 Å². The van der Waals surface area contributed by atoms with Crippen molar-refractivity contribution in [3.05, 3.63) is 12.3 Å². The quantitative estimate of drug-likeness (QED) is 0.868. The molecule has 0 bridgehead atoms. The fourth-order valence-electron chi connectivity index (χ4n) is 2.29. The average molecular weight is 237 g/mol. The third kappa shape index (κ3) is 2.85. The van der Waals surface area contributed by atoms with Gasteiger partial charge in [0.1, 0.15) is 5.82 Å². The second kappa shape index (κ2) is 5.31. The first-order valence-electron chi connectivity index (χ1n) is 6.02. The number of aryl methyl sites for hydroxylation is 1. The van der Waals surface area contributed by atoms with Gasteiger partial charge in [-0.2, -0.15) is 5.10 Å². The van der Waals surface area contributed by atoms with E-state index < -0.39 is 0 Å². The molecule has 0 unspecified atom stereocenters. The smallest absolute Gasteiger partial charge is 0.228 e. The van der Waals surface area contributed by atoms with Gasteiger partial charge in [0.2, 0.25) is 5.91 Å². The van der Waals surface area contributed by atoms with Crippen molar-refractivity contribution < 1.29 is 9.53 Å². The van der Waals surface area contributed by atoms with Gasteiger partial charge in [-0.1, -0.05) is 0 Å². The van der Waals surface area contributed by atoms with Gasteiger partial charge in [-0.15, -0.1) is 0 Å². The predicted molar refractivity (Wildman–Crippen MR) is 64.6 cm³/mol. The normalized spacial score (nSPS) is 24.6. The van der Waals surface area contributed by atoms with Gasteiger partial charge in [0, 0.05) is 26.1 Å². The van der Waals surface area contributed by atoms with Crippen LogP contribution in [0.2, 0.25) is 0 Å². The third-order valence-corrected chi connectivity index (χ3v) is 3.45. The number of hydrogen-bond donors (Lipinski definition) is 1. The monoisotopic (exact) mass is 237 g/mol. The summed E-state index contributed by atoms with van der Waals surface area (Å²) in [5.41, 5.74) is 0. The topological polar surface area (TPSA) is 56.1 Å². The molecule has 5 heteroatoms. The molecule has 94 valence electrons. The maximum absolute atomic E-state index is 12.0. The van der Waals surface area contributed by atoms with Gasteiger partial charge in [0.15, 0.2) is 0 Å². The number of methoxy groups -OCH3 is 1. The summed E-state index contributed by atoms with van der Waals surface area (Å²) in [6, 6.07) is 1.80. The van der Waals surface area contributed by atoms with Crippen molar-refractivity contribution >= 4 is 11.7 Å². The standard InChI is InChI=1S/C12H19N3O2/c1-15-11(7-8-13-15)14-12(16)9-3-5-10(17-2)6-4-9/h7-10H,3-6H2,1-2H3,(H,14,16). The number of aromatic nitrogens is 2. The van der Waals surface area contributed by atoms with Crippen molar-refractivity contribution in [1.82, 2.24) is 9.78 Å². The molecule has 5 nitrogen and oxygen atoms in total. The molecule has 0 radical (unpaired) electrons. The lowest BCUT2D eigenvalue weighted by Crippen LogP contribution is -2.30. The lowest BCUT2D eigenvalue weighted by molar-refractivity contribution is -0.121. The number of carbonyl (C=O) groups excluding carboxylic acids is 1. The van der Waals surface area contributed by atoms with E-state index in [0.29, 0.717) is 6.10 Å². The van der Waals surface area contributed by atoms with Crippen LogP contribution in [0.1, 0.15) is 25.7 Å². The molecule has 1 fully saturated rings. The molecular weight excluding hydrogens is 218 g/mol. The van der Waals surface area contributed by atoms with Crippen LogP contribution in [0.15, 0.2) is 12.3 Å². The van der Waals surface area contributed by atoms with Crippen LogP contribution >= 0.6 is 0 Å². The maximum atomic E-state index is 12.0. The zero-order valence-corrected chi connectivity index (χ0v) is 10.3. The molecule has 0 spiro atoms. The fraction of sp³-hybridized carbons (Fsp3) is 0.667. The summed E-state index contributed by atoms with van der Waals surface area (Å²) < 4.78 is 6.96. The zero-order chi connectivity index (χ0) is 12.3. The number of rotatable bonds is 3. The van der Waals surface area contributed by atoms with Crippen LogP contribution < -0.4 is 5.32 Å². The number of hydrogen-bond acceptors (Lipinski definition) is 3. The molecule has 0 saturated heterocycles. The summed E-state index contributed by atoms with van der Waals surface area (Å²) in [5, 5.41) is 6.94. The molecule has 1 aliphatic rings. The highest BCUT2D eigenvalue weighted by atomic mass is 16.5. The van der Waals surface area contributed by atoms with Crippen LogP contribution in [0, 0.1) is 5.92 Å². The molecule has 2 rings (SSSR count). The van der Waals surface area contributed by atoms with Crippen molar-refractivity contribution in [1.29, 1.82) is 0 Å². The number of carbonyl (C=O) groups is 1. The van der Waals surface area contributed by atoms with E-state index in [1.165, 1.54) is 0 Å². The van der Waals surface area contributed by atoms with Gasteiger partial charge in [-0.3, -0.25) is 9.48 Å². The van der Waals surface area contributed by atoms with E-state index in [2.05, 4.69) is 10.4 Å². The second-order valence-electron chi connectivity index (χ2n) is 4.54. The van der Waals surface area contributed by atoms with Gasteiger partial charge < -0.3 is 10.1 Å². The summed E-state index contributed by atoms with van der Waals surface area (Å²) in [4.78, 5) is 12.0. The number of ether oxygens (including phenoxy) is 1. The summed E-state index contributed by atoms with van der Waals surface area (Å²) in [5.74, 6) is 0.961. The molecule has 1 amide bonds. The minimum Gasteiger partial charge on any atom is -0.381 e. The minimum absolute atomic E-state index is 0.100. The third-order valence-electron chi connectivity index (χ3n) is 3.45. The SMILES string of the molecule is COC1CCC(C(=O)Nc2ccnn2C)CC1. The average Bonchev–Trinajstić information content (AvgIpc) is 2.75. The summed E-state index contributed by atoms with van der Waals surface area (Å²) >= 11 is 0. The summed E-state index contributed by atoms with van der Waals surface area (Å²) in [6.07, 6.45) is 5.76. The van der Waals surface area contributed by atoms with Crippen LogP contribution in [0.4, 0.5) is 5.82 Å². The Hall–Kier alpha value is -1.36. The first-order chi connectivity index (χ1) is 8.20. The van der Waals surface area contributed by atoms with E-state index in [-0.39, 0.29) is 11.8 Å². The van der Waals surface area contributed by atoms with Crippen LogP contribution in [-0.2, 0) is 16.6 Å². The number of anilines is 1. The van der Waals surface area contributed by atoms with Crippen molar-refractivity contribution in [3.63, 3.8) is 0 Å². The van der Waals surface area contributed by atoms with Crippen molar-refractivity contribution in [3.8, 4) is 0 Å². The van der Waals surface area contributed by atoms with E-state index in [4.69, 9.17) is 4.74 Å². The highest BCUT2D eigenvalue weighted by molar-refractivity contribution is 5.91. The lowest BCUT2D eigenvalue weighted by atomic mass is 9.87. The molecule has 0 aromatic carbocycles. The van der Waals surface area contributed by atoms with Gasteiger partial charge >= 0.3 is 0 Å². The molecule has 0 atom stereocenters. The number of amides is 1. The minimum atomic E-state index is 0.100. The molecular formula is C12H19N3O2. The molecule has 1 aromatic heterocycles. The highest BCUT2D eigenvalue weighted by Crippen LogP contribution is 2.26. The number of nitrogens with zero attached hydrogens (tertiary/aromatic N) is 2. The Kier molecular flexibility index (Phi) is 3.78. The predicted octanol–water partition coefficient (Wildman–Crippen LogP) is 1.56. The van der Waals surface area contributed by atoms with E-state index in [0.717, 1.165) is 31.5 Å². The molecule has 1 N–H and O–H groups in total. The van der Waals surface area contributed by atoms with Crippen molar-refractivity contribution in [2.75, 3.05) is 12.4 Å². The Labute approximate surface area is 101 Å². The van der Waals surface area contributed by atoms with Crippen molar-refractivity contribution in [2.45, 2.75) is 31.8 Å². The Balaban J connectivity index is 1.87. The summed E-state index contributed by atoms with van der Waals surface area (Å²) in [6.45, 7) is 0. The first kappa shape index (κ1) is 12.1. The van der Waals surface area contributed by atoms with Crippen LogP contribution in [0.3, 0.4) is 0 Å². The van der Waals surface area contributed by atoms with Gasteiger partial charge in [-0.05, 0) is 25.7 Å². The molecule has 1 aliphatic carbocycles. The zero-order valence-electron chi connectivity index (χ0n) is 10.3. The van der Waals surface area contributed by atoms with E-state index in [1.54, 1.807) is 24.1 Å². The Bertz CT molecular complexity index is 381. The molecule has 17 heavy (non-hydrogen) atoms. The van der Waals surface area contributed by atoms with Crippen LogP contribution in [0.25, 0.3) is 0 Å². The molecule has 1 aromatic rings. The first-order valence-corrected chi connectivity index (χ1v) is 6.02. The number of nitrogens with one attached hydrogen (secondary N) is 1. The largest absolute Gasteiger partial charge is 0.381 e. The Morgan fingerprint density at radius 1 is 1.47 bits per heavy atom. The highest BCUT2D eigenvalue weighted by Gasteiger charge is 2.26. The Morgan fingerprint density at radius 2 is 2.18 bits per heavy atom. The van der Waals surface area contributed by atoms with E-state index in [1.807, 2.05) is 7.05 Å². The fourth-order valence-corrected chi connectivity index (χ4v) is 2.29. The second-order valence-corrected chi connectivity index (χ2v) is 4.54. The van der Waals surface area contributed by atoms with Crippen LogP contribution in [-0.4, -0.2) is 28.9 Å². The maximum Gasteiger partial charge on any atom is 0.228 e. The summed E-state index contributed by atoms with van der Waals surface area (Å²) in [7, 11) is 3.55. The van der Waals surface area contributed by atoms with Gasteiger partial charge in [-0.25, -0.2) is 0 Å². The van der Waals surface area contributed by atoms with Crippen molar-refractivity contribution in [2.24, 2.45) is 13.0 Å². The van der Waals surface area contributed by atoms with E-state index in [9.17, 15) is 4.79 Å². The lowest BCUT2D eigenvalue weighted by Gasteiger charge is -2.26. The molecule has 0 aliphatic heterocycles.